The maximum atomic E-state index is 11.1. The second-order valence-corrected chi connectivity index (χ2v) is 2.55. The van der Waals surface area contributed by atoms with Gasteiger partial charge in [0.2, 0.25) is 0 Å². The normalized spacial score (nSPS) is 18.1. The number of piperidine rings is 1. The predicted molar refractivity (Wildman–Crippen MR) is 42.1 cm³/mol. The first-order chi connectivity index (χ1) is 5.34. The molecule has 3 heteroatoms. The second-order valence-electron chi connectivity index (χ2n) is 2.55. The lowest BCUT2D eigenvalue weighted by atomic mass is 10.1. The summed E-state index contributed by atoms with van der Waals surface area (Å²) in [6, 6.07) is 0. The Kier molecular flexibility index (Phi) is 3.20. The Morgan fingerprint density at radius 1 is 1.55 bits per heavy atom. The van der Waals surface area contributed by atoms with Gasteiger partial charge in [-0.2, -0.15) is 0 Å². The smallest absolute Gasteiger partial charge is 0.409 e. The standard InChI is InChI=1S/C8H14NO2/c1-2-11-8(10)9-6-4-3-5-7-9/h3H,2,4-7H2,1H3. The van der Waals surface area contributed by atoms with E-state index in [-0.39, 0.29) is 6.09 Å². The monoisotopic (exact) mass is 156 g/mol. The molecule has 1 rings (SSSR count). The molecule has 0 atom stereocenters. The zero-order valence-corrected chi connectivity index (χ0v) is 6.88. The average molecular weight is 156 g/mol. The van der Waals surface area contributed by atoms with Gasteiger partial charge >= 0.3 is 6.09 Å². The van der Waals surface area contributed by atoms with Crippen molar-refractivity contribution >= 4 is 6.09 Å². The molecular formula is C8H14NO2. The molecule has 0 aromatic carbocycles. The van der Waals surface area contributed by atoms with Gasteiger partial charge in [0.25, 0.3) is 0 Å². The summed E-state index contributed by atoms with van der Waals surface area (Å²) in [7, 11) is 0. The van der Waals surface area contributed by atoms with Gasteiger partial charge in [0.05, 0.1) is 6.61 Å². The predicted octanol–water partition coefficient (Wildman–Crippen LogP) is 1.44. The minimum absolute atomic E-state index is 0.166. The van der Waals surface area contributed by atoms with Crippen LogP contribution in [0, 0.1) is 6.42 Å². The van der Waals surface area contributed by atoms with Crippen molar-refractivity contribution in [2.75, 3.05) is 19.7 Å². The van der Waals surface area contributed by atoms with Crippen LogP contribution in [-0.2, 0) is 4.74 Å². The summed E-state index contributed by atoms with van der Waals surface area (Å²) in [4.78, 5) is 12.8. The van der Waals surface area contributed by atoms with Crippen LogP contribution in [0.1, 0.15) is 19.8 Å². The second kappa shape index (κ2) is 4.21. The van der Waals surface area contributed by atoms with Crippen LogP contribution < -0.4 is 0 Å². The number of rotatable bonds is 1. The third kappa shape index (κ3) is 2.41. The first-order valence-corrected chi connectivity index (χ1v) is 4.08. The van der Waals surface area contributed by atoms with Crippen LogP contribution in [0.2, 0.25) is 0 Å². The number of carbonyl (C=O) groups excluding carboxylic acids is 1. The summed E-state index contributed by atoms with van der Waals surface area (Å²) in [6.45, 7) is 3.94. The highest BCUT2D eigenvalue weighted by molar-refractivity contribution is 5.67. The fourth-order valence-corrected chi connectivity index (χ4v) is 1.15. The molecule has 1 heterocycles. The van der Waals surface area contributed by atoms with Gasteiger partial charge in [-0.05, 0) is 26.2 Å². The topological polar surface area (TPSA) is 29.5 Å². The van der Waals surface area contributed by atoms with Crippen LogP contribution in [0.3, 0.4) is 0 Å². The Morgan fingerprint density at radius 2 is 2.18 bits per heavy atom. The minimum atomic E-state index is -0.166. The highest BCUT2D eigenvalue weighted by Crippen LogP contribution is 2.08. The molecule has 0 aromatic heterocycles. The number of carbonyl (C=O) groups is 1. The first-order valence-electron chi connectivity index (χ1n) is 4.08. The molecule has 1 fully saturated rings. The molecular weight excluding hydrogens is 142 g/mol. The molecule has 0 spiro atoms. The van der Waals surface area contributed by atoms with Crippen LogP contribution in [0.15, 0.2) is 0 Å². The van der Waals surface area contributed by atoms with Crippen molar-refractivity contribution in [3.05, 3.63) is 6.42 Å². The van der Waals surface area contributed by atoms with Crippen LogP contribution in [0.5, 0.6) is 0 Å². The Bertz CT molecular complexity index is 130. The number of nitrogens with zero attached hydrogens (tertiary/aromatic N) is 1. The van der Waals surface area contributed by atoms with E-state index in [0.717, 1.165) is 25.9 Å². The van der Waals surface area contributed by atoms with E-state index >= 15 is 0 Å². The average Bonchev–Trinajstić information content (AvgIpc) is 2.07. The zero-order chi connectivity index (χ0) is 8.10. The molecule has 63 valence electrons. The van der Waals surface area contributed by atoms with E-state index in [9.17, 15) is 4.79 Å². The van der Waals surface area contributed by atoms with Gasteiger partial charge in [0.1, 0.15) is 0 Å². The van der Waals surface area contributed by atoms with Gasteiger partial charge < -0.3 is 9.64 Å². The van der Waals surface area contributed by atoms with Crippen molar-refractivity contribution in [1.29, 1.82) is 0 Å². The molecule has 0 aliphatic carbocycles. The summed E-state index contributed by atoms with van der Waals surface area (Å²) < 4.78 is 4.85. The third-order valence-electron chi connectivity index (χ3n) is 1.73. The van der Waals surface area contributed by atoms with Crippen LogP contribution >= 0.6 is 0 Å². The maximum absolute atomic E-state index is 11.1. The first kappa shape index (κ1) is 8.37. The fraction of sp³-hybridized carbons (Fsp3) is 0.750. The van der Waals surface area contributed by atoms with Crippen LogP contribution in [0.25, 0.3) is 0 Å². The van der Waals surface area contributed by atoms with E-state index in [1.165, 1.54) is 0 Å². The quantitative estimate of drug-likeness (QED) is 0.575. The van der Waals surface area contributed by atoms with E-state index < -0.39 is 0 Å². The Hall–Kier alpha value is -0.730. The molecule has 0 N–H and O–H groups in total. The summed E-state index contributed by atoms with van der Waals surface area (Å²) in [5.74, 6) is 0. The number of hydrogen-bond donors (Lipinski definition) is 0. The molecule has 1 aliphatic rings. The van der Waals surface area contributed by atoms with E-state index in [4.69, 9.17) is 4.74 Å². The highest BCUT2D eigenvalue weighted by atomic mass is 16.6. The SMILES string of the molecule is CCOC(=O)N1CC[CH]CC1. The van der Waals surface area contributed by atoms with Gasteiger partial charge in [-0.1, -0.05) is 0 Å². The van der Waals surface area contributed by atoms with Gasteiger partial charge in [-0.25, -0.2) is 4.79 Å². The molecule has 0 aromatic rings. The van der Waals surface area contributed by atoms with E-state index in [0.29, 0.717) is 6.61 Å². The molecule has 0 unspecified atom stereocenters. The molecule has 0 bridgehead atoms. The van der Waals surface area contributed by atoms with Crippen molar-refractivity contribution in [2.45, 2.75) is 19.8 Å². The molecule has 0 saturated carbocycles. The van der Waals surface area contributed by atoms with Crippen molar-refractivity contribution in [3.63, 3.8) is 0 Å². The summed E-state index contributed by atoms with van der Waals surface area (Å²) in [5.41, 5.74) is 0. The summed E-state index contributed by atoms with van der Waals surface area (Å²) in [6.07, 6.45) is 4.04. The third-order valence-corrected chi connectivity index (χ3v) is 1.73. The van der Waals surface area contributed by atoms with E-state index in [1.54, 1.807) is 4.90 Å². The molecule has 1 amide bonds. The fourth-order valence-electron chi connectivity index (χ4n) is 1.15. The Balaban J connectivity index is 2.27. The van der Waals surface area contributed by atoms with E-state index in [2.05, 4.69) is 6.42 Å². The Morgan fingerprint density at radius 3 is 2.73 bits per heavy atom. The lowest BCUT2D eigenvalue weighted by Crippen LogP contribution is -2.36. The lowest BCUT2D eigenvalue weighted by Gasteiger charge is -2.25. The number of likely N-dealkylation sites (tertiary alicyclic amines) is 1. The summed E-state index contributed by atoms with van der Waals surface area (Å²) in [5, 5.41) is 0. The molecule has 3 nitrogen and oxygen atoms in total. The number of ether oxygens (including phenoxy) is 1. The molecule has 11 heavy (non-hydrogen) atoms. The van der Waals surface area contributed by atoms with Crippen molar-refractivity contribution in [1.82, 2.24) is 4.90 Å². The van der Waals surface area contributed by atoms with Gasteiger partial charge in [0, 0.05) is 13.1 Å². The molecule has 1 aliphatic heterocycles. The molecule has 1 saturated heterocycles. The highest BCUT2D eigenvalue weighted by Gasteiger charge is 2.16. The Labute approximate surface area is 67.3 Å². The lowest BCUT2D eigenvalue weighted by molar-refractivity contribution is 0.104. The van der Waals surface area contributed by atoms with Gasteiger partial charge in [-0.15, -0.1) is 0 Å². The van der Waals surface area contributed by atoms with E-state index in [1.807, 2.05) is 6.92 Å². The van der Waals surface area contributed by atoms with Crippen LogP contribution in [-0.4, -0.2) is 30.7 Å². The maximum Gasteiger partial charge on any atom is 0.409 e. The number of amides is 1. The van der Waals surface area contributed by atoms with Crippen molar-refractivity contribution in [2.24, 2.45) is 0 Å². The zero-order valence-electron chi connectivity index (χ0n) is 6.88. The van der Waals surface area contributed by atoms with Crippen molar-refractivity contribution < 1.29 is 9.53 Å². The van der Waals surface area contributed by atoms with Gasteiger partial charge in [-0.3, -0.25) is 0 Å². The largest absolute Gasteiger partial charge is 0.450 e. The minimum Gasteiger partial charge on any atom is -0.450 e. The number of hydrogen-bond acceptors (Lipinski definition) is 2. The van der Waals surface area contributed by atoms with Crippen molar-refractivity contribution in [3.8, 4) is 0 Å². The van der Waals surface area contributed by atoms with Crippen LogP contribution in [0.4, 0.5) is 4.79 Å². The van der Waals surface area contributed by atoms with Gasteiger partial charge in [0.15, 0.2) is 0 Å². The summed E-state index contributed by atoms with van der Waals surface area (Å²) >= 11 is 0. The molecule has 1 radical (unpaired) electrons.